The summed E-state index contributed by atoms with van der Waals surface area (Å²) in [7, 11) is 0. The lowest BCUT2D eigenvalue weighted by Crippen LogP contribution is -2.52. The van der Waals surface area contributed by atoms with Gasteiger partial charge in [0, 0.05) is 36.1 Å². The first-order chi connectivity index (χ1) is 16.5. The van der Waals surface area contributed by atoms with Crippen molar-refractivity contribution < 1.29 is 9.13 Å². The van der Waals surface area contributed by atoms with Crippen LogP contribution in [0.15, 0.2) is 42.7 Å². The molecule has 9 heteroatoms. The number of rotatable bonds is 5. The molecule has 3 fully saturated rings. The average Bonchev–Trinajstić information content (AvgIpc) is 3.21. The van der Waals surface area contributed by atoms with E-state index in [1.807, 2.05) is 42.7 Å². The molecule has 182 valence electrons. The van der Waals surface area contributed by atoms with E-state index in [9.17, 15) is 0 Å². The fourth-order valence-corrected chi connectivity index (χ4v) is 5.26. The molecule has 0 radical (unpaired) electrons. The molecule has 3 saturated heterocycles. The van der Waals surface area contributed by atoms with Gasteiger partial charge >= 0.3 is 0 Å². The molecule has 2 bridgehead atoms. The van der Waals surface area contributed by atoms with E-state index >= 15 is 4.39 Å². The highest BCUT2D eigenvalue weighted by Gasteiger charge is 2.35. The third-order valence-corrected chi connectivity index (χ3v) is 7.04. The topological polar surface area (TPSA) is 69.0 Å². The zero-order valence-corrected chi connectivity index (χ0v) is 20.9. The lowest BCUT2D eigenvalue weighted by molar-refractivity contribution is -0.00789. The quantitative estimate of drug-likeness (QED) is 0.414. The van der Waals surface area contributed by atoms with E-state index in [2.05, 4.69) is 19.9 Å². The lowest BCUT2D eigenvalue weighted by Gasteiger charge is -2.44. The molecule has 4 aromatic rings. The zero-order valence-electron chi connectivity index (χ0n) is 19.9. The average molecular weight is 493 g/mol. The number of aromatic nitrogens is 5. The number of ether oxygens (including phenoxy) is 1. The third kappa shape index (κ3) is 4.50. The molecule has 0 saturated carbocycles. The summed E-state index contributed by atoms with van der Waals surface area (Å²) >= 11 is 0. The normalized spacial score (nSPS) is 21.2. The monoisotopic (exact) mass is 492 g/mol. The highest BCUT2D eigenvalue weighted by Crippen LogP contribution is 2.32. The van der Waals surface area contributed by atoms with Crippen molar-refractivity contribution in [2.75, 3.05) is 19.6 Å². The van der Waals surface area contributed by atoms with E-state index in [0.717, 1.165) is 43.7 Å². The van der Waals surface area contributed by atoms with Crippen LogP contribution in [-0.4, -0.2) is 55.1 Å². The van der Waals surface area contributed by atoms with Crippen LogP contribution < -0.4 is 4.74 Å². The third-order valence-electron chi connectivity index (χ3n) is 7.04. The number of hydrogen-bond donors (Lipinski definition) is 0. The summed E-state index contributed by atoms with van der Waals surface area (Å²) in [6.45, 7) is 7.30. The van der Waals surface area contributed by atoms with Crippen LogP contribution in [0.5, 0.6) is 5.75 Å². The maximum atomic E-state index is 15.3. The molecular weight excluding hydrogens is 463 g/mol. The van der Waals surface area contributed by atoms with Gasteiger partial charge in [-0.25, -0.2) is 19.3 Å². The minimum Gasteiger partial charge on any atom is -0.489 e. The Morgan fingerprint density at radius 1 is 1.09 bits per heavy atom. The molecule has 0 unspecified atom stereocenters. The second-order valence-electron chi connectivity index (χ2n) is 9.34. The first-order valence-corrected chi connectivity index (χ1v) is 11.8. The molecule has 35 heavy (non-hydrogen) atoms. The van der Waals surface area contributed by atoms with Crippen LogP contribution in [0.4, 0.5) is 4.39 Å². The molecule has 1 atom stereocenters. The van der Waals surface area contributed by atoms with Crippen molar-refractivity contribution in [2.45, 2.75) is 39.3 Å². The summed E-state index contributed by atoms with van der Waals surface area (Å²) in [5.74, 6) is 2.22. The van der Waals surface area contributed by atoms with E-state index in [0.29, 0.717) is 46.6 Å². The number of piperidine rings is 3. The first kappa shape index (κ1) is 23.7. The highest BCUT2D eigenvalue weighted by molar-refractivity contribution is 7.59. The molecule has 7 rings (SSSR count). The standard InChI is InChI=1S/C26H27FN6O.H2S/c1-16-24-26(30-17(2)29-16)33(25(31-24)19-4-3-9-28-13-19)14-20-5-6-21(12-22(20)27)34-23-15-32-10-7-18(23)8-11-32;/h3-6,9,12-13,18,23H,7-8,10-11,14-15H2,1-2H3;1H2/t23-;/m1./s1. The van der Waals surface area contributed by atoms with Gasteiger partial charge in [0.15, 0.2) is 5.65 Å². The second kappa shape index (κ2) is 9.54. The number of aryl methyl sites for hydroxylation is 2. The van der Waals surface area contributed by atoms with Gasteiger partial charge in [-0.05, 0) is 63.9 Å². The van der Waals surface area contributed by atoms with Crippen LogP contribution >= 0.6 is 13.5 Å². The van der Waals surface area contributed by atoms with Gasteiger partial charge in [-0.2, -0.15) is 13.5 Å². The highest BCUT2D eigenvalue weighted by atomic mass is 32.1. The predicted octanol–water partition coefficient (Wildman–Crippen LogP) is 4.28. The summed E-state index contributed by atoms with van der Waals surface area (Å²) in [6, 6.07) is 9.02. The minimum absolute atomic E-state index is 0. The summed E-state index contributed by atoms with van der Waals surface area (Å²) in [6.07, 6.45) is 5.95. The fraction of sp³-hybridized carbons (Fsp3) is 0.385. The van der Waals surface area contributed by atoms with Crippen molar-refractivity contribution in [3.05, 3.63) is 65.6 Å². The Morgan fingerprint density at radius 3 is 2.60 bits per heavy atom. The van der Waals surface area contributed by atoms with Gasteiger partial charge in [0.25, 0.3) is 0 Å². The number of hydrogen-bond acceptors (Lipinski definition) is 6. The number of nitrogens with zero attached hydrogens (tertiary/aromatic N) is 6. The summed E-state index contributed by atoms with van der Waals surface area (Å²) in [4.78, 5) is 20.6. The van der Waals surface area contributed by atoms with E-state index in [1.165, 1.54) is 6.07 Å². The number of halogens is 1. The fourth-order valence-electron chi connectivity index (χ4n) is 5.26. The summed E-state index contributed by atoms with van der Waals surface area (Å²) in [5.41, 5.74) is 3.61. The Balaban J connectivity index is 0.00000253. The predicted molar refractivity (Wildman–Crippen MR) is 137 cm³/mol. The molecule has 3 aliphatic rings. The van der Waals surface area contributed by atoms with Crippen LogP contribution in [0.25, 0.3) is 22.6 Å². The Morgan fingerprint density at radius 2 is 1.91 bits per heavy atom. The summed E-state index contributed by atoms with van der Waals surface area (Å²) in [5, 5.41) is 0. The van der Waals surface area contributed by atoms with Crippen molar-refractivity contribution in [3.8, 4) is 17.1 Å². The number of benzene rings is 1. The first-order valence-electron chi connectivity index (χ1n) is 11.8. The van der Waals surface area contributed by atoms with Gasteiger partial charge in [0.2, 0.25) is 0 Å². The summed E-state index contributed by atoms with van der Waals surface area (Å²) < 4.78 is 23.5. The molecule has 7 nitrogen and oxygen atoms in total. The molecule has 3 aliphatic heterocycles. The van der Waals surface area contributed by atoms with E-state index < -0.39 is 0 Å². The van der Waals surface area contributed by atoms with Gasteiger partial charge in [0.05, 0.1) is 12.2 Å². The molecule has 0 spiro atoms. The number of fused-ring (bicyclic) bond motifs is 4. The Kier molecular flexibility index (Phi) is 6.46. The van der Waals surface area contributed by atoms with Crippen LogP contribution in [-0.2, 0) is 6.54 Å². The Hall–Kier alpha value is -3.04. The molecule has 6 heterocycles. The van der Waals surface area contributed by atoms with E-state index in [4.69, 9.17) is 9.72 Å². The maximum absolute atomic E-state index is 15.3. The van der Waals surface area contributed by atoms with Crippen molar-refractivity contribution in [1.29, 1.82) is 0 Å². The molecule has 0 N–H and O–H groups in total. The van der Waals surface area contributed by atoms with Gasteiger partial charge in [-0.1, -0.05) is 6.07 Å². The van der Waals surface area contributed by atoms with Crippen LogP contribution in [0.1, 0.15) is 29.9 Å². The maximum Gasteiger partial charge on any atom is 0.164 e. The smallest absolute Gasteiger partial charge is 0.164 e. The number of pyridine rings is 1. The largest absolute Gasteiger partial charge is 0.489 e. The molecule has 3 aromatic heterocycles. The van der Waals surface area contributed by atoms with E-state index in [1.54, 1.807) is 12.4 Å². The second-order valence-corrected chi connectivity index (χ2v) is 9.34. The molecular formula is C26H29FN6OS. The van der Waals surface area contributed by atoms with Crippen molar-refractivity contribution in [2.24, 2.45) is 5.92 Å². The molecule has 0 aliphatic carbocycles. The van der Waals surface area contributed by atoms with Crippen LogP contribution in [0.2, 0.25) is 0 Å². The van der Waals surface area contributed by atoms with Gasteiger partial charge in [0.1, 0.15) is 34.8 Å². The van der Waals surface area contributed by atoms with Crippen LogP contribution in [0.3, 0.4) is 0 Å². The van der Waals surface area contributed by atoms with Gasteiger partial charge in [-0.3, -0.25) is 9.88 Å². The Labute approximate surface area is 210 Å². The number of imidazole rings is 1. The van der Waals surface area contributed by atoms with Crippen LogP contribution in [0, 0.1) is 25.6 Å². The lowest BCUT2D eigenvalue weighted by atomic mass is 9.86. The SMILES string of the molecule is Cc1nc(C)c2nc(-c3cccnc3)n(Cc3ccc(O[C@@H]4CN5CCC4CC5)cc3F)c2n1.S. The van der Waals surface area contributed by atoms with Crippen molar-refractivity contribution >= 4 is 24.7 Å². The Bertz CT molecular complexity index is 1350. The van der Waals surface area contributed by atoms with Crippen molar-refractivity contribution in [1.82, 2.24) is 29.4 Å². The van der Waals surface area contributed by atoms with E-state index in [-0.39, 0.29) is 25.4 Å². The van der Waals surface area contributed by atoms with Gasteiger partial charge < -0.3 is 9.30 Å². The van der Waals surface area contributed by atoms with Gasteiger partial charge in [-0.15, -0.1) is 0 Å². The zero-order chi connectivity index (χ0) is 23.2. The molecule has 1 aromatic carbocycles. The molecule has 0 amide bonds. The van der Waals surface area contributed by atoms with Crippen molar-refractivity contribution in [3.63, 3.8) is 0 Å². The minimum atomic E-state index is -0.291.